The minimum atomic E-state index is -0.735. The average Bonchev–Trinajstić information content (AvgIpc) is 2.30. The van der Waals surface area contributed by atoms with Gasteiger partial charge in [0.2, 0.25) is 0 Å². The SMILES string of the molecule is CCCN(Cc1ccncc1)CC(C)C(=O)O. The summed E-state index contributed by atoms with van der Waals surface area (Å²) in [5.74, 6) is -1.07. The molecule has 4 heteroatoms. The zero-order chi connectivity index (χ0) is 12.7. The first kappa shape index (κ1) is 13.6. The van der Waals surface area contributed by atoms with Crippen LogP contribution in [0.5, 0.6) is 0 Å². The second-order valence-corrected chi connectivity index (χ2v) is 4.33. The number of pyridine rings is 1. The minimum Gasteiger partial charge on any atom is -0.481 e. The van der Waals surface area contributed by atoms with Gasteiger partial charge in [-0.3, -0.25) is 14.7 Å². The zero-order valence-electron chi connectivity index (χ0n) is 10.5. The molecule has 0 aliphatic rings. The summed E-state index contributed by atoms with van der Waals surface area (Å²) in [7, 11) is 0. The molecule has 0 radical (unpaired) electrons. The fourth-order valence-electron chi connectivity index (χ4n) is 1.76. The van der Waals surface area contributed by atoms with Crippen LogP contribution in [0.4, 0.5) is 0 Å². The molecule has 1 aromatic rings. The number of carboxylic acid groups (broad SMARTS) is 1. The molecule has 4 nitrogen and oxygen atoms in total. The van der Waals surface area contributed by atoms with Crippen LogP contribution in [-0.2, 0) is 11.3 Å². The maximum atomic E-state index is 10.9. The molecule has 0 aromatic carbocycles. The number of aromatic nitrogens is 1. The van der Waals surface area contributed by atoms with Gasteiger partial charge in [-0.15, -0.1) is 0 Å². The van der Waals surface area contributed by atoms with E-state index in [0.29, 0.717) is 6.54 Å². The van der Waals surface area contributed by atoms with Crippen LogP contribution in [0.15, 0.2) is 24.5 Å². The molecule has 1 rings (SSSR count). The van der Waals surface area contributed by atoms with Crippen molar-refractivity contribution in [2.45, 2.75) is 26.8 Å². The quantitative estimate of drug-likeness (QED) is 0.787. The fourth-order valence-corrected chi connectivity index (χ4v) is 1.76. The normalized spacial score (nSPS) is 12.6. The van der Waals surface area contributed by atoms with E-state index in [0.717, 1.165) is 19.5 Å². The van der Waals surface area contributed by atoms with Crippen LogP contribution in [0.2, 0.25) is 0 Å². The van der Waals surface area contributed by atoms with Crippen molar-refractivity contribution in [3.8, 4) is 0 Å². The van der Waals surface area contributed by atoms with Gasteiger partial charge in [0.25, 0.3) is 0 Å². The lowest BCUT2D eigenvalue weighted by molar-refractivity contribution is -0.141. The Morgan fingerprint density at radius 1 is 1.47 bits per heavy atom. The van der Waals surface area contributed by atoms with Crippen LogP contribution in [0.1, 0.15) is 25.8 Å². The summed E-state index contributed by atoms with van der Waals surface area (Å²) in [5, 5.41) is 8.93. The predicted molar refractivity (Wildman–Crippen MR) is 66.6 cm³/mol. The molecular formula is C13H20N2O2. The molecule has 94 valence electrons. The summed E-state index contributed by atoms with van der Waals surface area (Å²) in [5.41, 5.74) is 1.17. The largest absolute Gasteiger partial charge is 0.481 e. The van der Waals surface area contributed by atoms with E-state index in [9.17, 15) is 4.79 Å². The Kier molecular flexibility index (Phi) is 5.63. The Hall–Kier alpha value is -1.42. The second-order valence-electron chi connectivity index (χ2n) is 4.33. The summed E-state index contributed by atoms with van der Waals surface area (Å²) in [6, 6.07) is 3.93. The van der Waals surface area contributed by atoms with Gasteiger partial charge in [0, 0.05) is 25.5 Å². The molecule has 0 aliphatic heterocycles. The Labute approximate surface area is 102 Å². The number of carboxylic acids is 1. The predicted octanol–water partition coefficient (Wildman–Crippen LogP) is 2.01. The molecule has 17 heavy (non-hydrogen) atoms. The van der Waals surface area contributed by atoms with Gasteiger partial charge < -0.3 is 5.11 Å². The van der Waals surface area contributed by atoms with Gasteiger partial charge in [-0.2, -0.15) is 0 Å². The summed E-state index contributed by atoms with van der Waals surface area (Å²) in [6.07, 6.45) is 4.55. The van der Waals surface area contributed by atoms with Crippen LogP contribution >= 0.6 is 0 Å². The van der Waals surface area contributed by atoms with E-state index in [-0.39, 0.29) is 5.92 Å². The van der Waals surface area contributed by atoms with Gasteiger partial charge >= 0.3 is 5.97 Å². The molecule has 0 spiro atoms. The summed E-state index contributed by atoms with van der Waals surface area (Å²) in [4.78, 5) is 17.0. The highest BCUT2D eigenvalue weighted by Crippen LogP contribution is 2.07. The summed E-state index contributed by atoms with van der Waals surface area (Å²) >= 11 is 0. The first-order valence-corrected chi connectivity index (χ1v) is 5.97. The lowest BCUT2D eigenvalue weighted by atomic mass is 10.1. The molecule has 1 unspecified atom stereocenters. The number of hydrogen-bond donors (Lipinski definition) is 1. The first-order valence-electron chi connectivity index (χ1n) is 5.97. The van der Waals surface area contributed by atoms with E-state index in [1.165, 1.54) is 5.56 Å². The molecule has 0 saturated heterocycles. The van der Waals surface area contributed by atoms with Crippen LogP contribution in [-0.4, -0.2) is 34.0 Å². The molecule has 1 aromatic heterocycles. The van der Waals surface area contributed by atoms with Gasteiger partial charge in [-0.1, -0.05) is 13.8 Å². The van der Waals surface area contributed by atoms with Crippen LogP contribution in [0.3, 0.4) is 0 Å². The third kappa shape index (κ3) is 4.95. The van der Waals surface area contributed by atoms with Gasteiger partial charge in [0.15, 0.2) is 0 Å². The summed E-state index contributed by atoms with van der Waals surface area (Å²) < 4.78 is 0. The Bertz CT molecular complexity index is 341. The molecule has 0 aliphatic carbocycles. The van der Waals surface area contributed by atoms with Gasteiger partial charge in [-0.05, 0) is 30.7 Å². The lowest BCUT2D eigenvalue weighted by Crippen LogP contribution is -2.32. The number of nitrogens with zero attached hydrogens (tertiary/aromatic N) is 2. The van der Waals surface area contributed by atoms with Gasteiger partial charge in [0.05, 0.1) is 5.92 Å². The fraction of sp³-hybridized carbons (Fsp3) is 0.538. The van der Waals surface area contributed by atoms with E-state index in [1.54, 1.807) is 19.3 Å². The number of carbonyl (C=O) groups is 1. The van der Waals surface area contributed by atoms with Crippen molar-refractivity contribution in [1.29, 1.82) is 0 Å². The molecule has 0 amide bonds. The highest BCUT2D eigenvalue weighted by atomic mass is 16.4. The van der Waals surface area contributed by atoms with Gasteiger partial charge in [-0.25, -0.2) is 0 Å². The number of aliphatic carboxylic acids is 1. The van der Waals surface area contributed by atoms with E-state index in [1.807, 2.05) is 12.1 Å². The number of hydrogen-bond acceptors (Lipinski definition) is 3. The number of rotatable bonds is 7. The molecule has 0 saturated carbocycles. The first-order chi connectivity index (χ1) is 8.13. The lowest BCUT2D eigenvalue weighted by Gasteiger charge is -2.23. The molecule has 1 N–H and O–H groups in total. The van der Waals surface area contributed by atoms with Crippen molar-refractivity contribution >= 4 is 5.97 Å². The third-order valence-electron chi connectivity index (χ3n) is 2.65. The Morgan fingerprint density at radius 2 is 2.12 bits per heavy atom. The van der Waals surface area contributed by atoms with Crippen LogP contribution in [0.25, 0.3) is 0 Å². The van der Waals surface area contributed by atoms with Gasteiger partial charge in [0.1, 0.15) is 0 Å². The third-order valence-corrected chi connectivity index (χ3v) is 2.65. The van der Waals surface area contributed by atoms with Crippen LogP contribution in [0, 0.1) is 5.92 Å². The maximum absolute atomic E-state index is 10.9. The smallest absolute Gasteiger partial charge is 0.307 e. The van der Waals surface area contributed by atoms with E-state index < -0.39 is 5.97 Å². The molecular weight excluding hydrogens is 216 g/mol. The van der Waals surface area contributed by atoms with E-state index in [4.69, 9.17) is 5.11 Å². The standard InChI is InChI=1S/C13H20N2O2/c1-3-8-15(9-11(2)13(16)17)10-12-4-6-14-7-5-12/h4-7,11H,3,8-10H2,1-2H3,(H,16,17). The summed E-state index contributed by atoms with van der Waals surface area (Å²) in [6.45, 7) is 6.14. The van der Waals surface area contributed by atoms with E-state index >= 15 is 0 Å². The highest BCUT2D eigenvalue weighted by molar-refractivity contribution is 5.69. The highest BCUT2D eigenvalue weighted by Gasteiger charge is 2.15. The molecule has 1 heterocycles. The average molecular weight is 236 g/mol. The monoisotopic (exact) mass is 236 g/mol. The second kappa shape index (κ2) is 7.01. The molecule has 0 fully saturated rings. The molecule has 1 atom stereocenters. The Balaban J connectivity index is 2.57. The van der Waals surface area contributed by atoms with Crippen molar-refractivity contribution in [2.24, 2.45) is 5.92 Å². The van der Waals surface area contributed by atoms with Crippen molar-refractivity contribution in [3.63, 3.8) is 0 Å². The Morgan fingerprint density at radius 3 is 2.65 bits per heavy atom. The van der Waals surface area contributed by atoms with Crippen molar-refractivity contribution < 1.29 is 9.90 Å². The van der Waals surface area contributed by atoms with Crippen molar-refractivity contribution in [3.05, 3.63) is 30.1 Å². The minimum absolute atomic E-state index is 0.330. The van der Waals surface area contributed by atoms with Crippen molar-refractivity contribution in [1.82, 2.24) is 9.88 Å². The van der Waals surface area contributed by atoms with Crippen molar-refractivity contribution in [2.75, 3.05) is 13.1 Å². The van der Waals surface area contributed by atoms with E-state index in [2.05, 4.69) is 16.8 Å². The zero-order valence-corrected chi connectivity index (χ0v) is 10.5. The molecule has 0 bridgehead atoms. The van der Waals surface area contributed by atoms with Crippen LogP contribution < -0.4 is 0 Å². The maximum Gasteiger partial charge on any atom is 0.307 e. The topological polar surface area (TPSA) is 53.4 Å².